The Bertz CT molecular complexity index is 383. The average Bonchev–Trinajstić information content (AvgIpc) is 2.39. The van der Waals surface area contributed by atoms with Crippen molar-refractivity contribution >= 4 is 11.4 Å². The normalized spacial score (nSPS) is 24.1. The summed E-state index contributed by atoms with van der Waals surface area (Å²) < 4.78 is 5.73. The van der Waals surface area contributed by atoms with Crippen molar-refractivity contribution < 1.29 is 4.74 Å². The summed E-state index contributed by atoms with van der Waals surface area (Å²) >= 11 is 0. The SMILES string of the molecule is CCNc1cncc(N2CC(C)OCC2CC)c1. The van der Waals surface area contributed by atoms with Crippen LogP contribution in [0.1, 0.15) is 27.2 Å². The molecule has 4 heteroatoms. The second kappa shape index (κ2) is 6.05. The molecular weight excluding hydrogens is 226 g/mol. The van der Waals surface area contributed by atoms with Crippen molar-refractivity contribution in [3.63, 3.8) is 0 Å². The molecule has 0 radical (unpaired) electrons. The van der Waals surface area contributed by atoms with Crippen LogP contribution in [0.25, 0.3) is 0 Å². The van der Waals surface area contributed by atoms with Crippen molar-refractivity contribution in [3.05, 3.63) is 18.5 Å². The van der Waals surface area contributed by atoms with E-state index < -0.39 is 0 Å². The maximum absolute atomic E-state index is 5.73. The molecule has 0 bridgehead atoms. The van der Waals surface area contributed by atoms with Crippen molar-refractivity contribution in [1.82, 2.24) is 4.98 Å². The summed E-state index contributed by atoms with van der Waals surface area (Å²) in [7, 11) is 0. The lowest BCUT2D eigenvalue weighted by atomic mass is 10.1. The highest BCUT2D eigenvalue weighted by Crippen LogP contribution is 2.24. The van der Waals surface area contributed by atoms with Gasteiger partial charge in [-0.2, -0.15) is 0 Å². The highest BCUT2D eigenvalue weighted by atomic mass is 16.5. The largest absolute Gasteiger partial charge is 0.384 e. The Morgan fingerprint density at radius 1 is 1.44 bits per heavy atom. The number of hydrogen-bond donors (Lipinski definition) is 1. The van der Waals surface area contributed by atoms with Crippen molar-refractivity contribution in [3.8, 4) is 0 Å². The number of aromatic nitrogens is 1. The maximum Gasteiger partial charge on any atom is 0.0723 e. The summed E-state index contributed by atoms with van der Waals surface area (Å²) in [6, 6.07) is 2.64. The topological polar surface area (TPSA) is 37.4 Å². The Hall–Kier alpha value is -1.29. The van der Waals surface area contributed by atoms with Gasteiger partial charge in [-0.1, -0.05) is 6.92 Å². The number of morpholine rings is 1. The third-order valence-corrected chi connectivity index (χ3v) is 3.38. The smallest absolute Gasteiger partial charge is 0.0723 e. The minimum atomic E-state index is 0.288. The molecule has 0 spiro atoms. The molecule has 1 aliphatic rings. The Kier molecular flexibility index (Phi) is 4.42. The highest BCUT2D eigenvalue weighted by Gasteiger charge is 2.25. The van der Waals surface area contributed by atoms with Gasteiger partial charge in [-0.3, -0.25) is 4.98 Å². The molecule has 18 heavy (non-hydrogen) atoms. The zero-order valence-corrected chi connectivity index (χ0v) is 11.5. The van der Waals surface area contributed by atoms with Gasteiger partial charge in [0.25, 0.3) is 0 Å². The van der Waals surface area contributed by atoms with Gasteiger partial charge in [-0.25, -0.2) is 0 Å². The molecule has 0 saturated carbocycles. The predicted molar refractivity (Wildman–Crippen MR) is 75.2 cm³/mol. The quantitative estimate of drug-likeness (QED) is 0.889. The number of nitrogens with zero attached hydrogens (tertiary/aromatic N) is 2. The van der Waals surface area contributed by atoms with Gasteiger partial charge in [0.1, 0.15) is 0 Å². The van der Waals surface area contributed by atoms with E-state index in [-0.39, 0.29) is 6.10 Å². The Balaban J connectivity index is 2.19. The monoisotopic (exact) mass is 249 g/mol. The van der Waals surface area contributed by atoms with E-state index >= 15 is 0 Å². The molecule has 1 saturated heterocycles. The van der Waals surface area contributed by atoms with Gasteiger partial charge in [-0.15, -0.1) is 0 Å². The Morgan fingerprint density at radius 2 is 2.28 bits per heavy atom. The third kappa shape index (κ3) is 2.93. The van der Waals surface area contributed by atoms with Crippen molar-refractivity contribution in [2.24, 2.45) is 0 Å². The van der Waals surface area contributed by atoms with Gasteiger partial charge < -0.3 is 15.0 Å². The van der Waals surface area contributed by atoms with Gasteiger partial charge in [0, 0.05) is 13.1 Å². The van der Waals surface area contributed by atoms with E-state index in [0.717, 1.165) is 31.8 Å². The van der Waals surface area contributed by atoms with Crippen LogP contribution in [-0.2, 0) is 4.74 Å². The lowest BCUT2D eigenvalue weighted by Crippen LogP contribution is -2.48. The highest BCUT2D eigenvalue weighted by molar-refractivity contribution is 5.56. The molecule has 100 valence electrons. The van der Waals surface area contributed by atoms with Crippen molar-refractivity contribution in [1.29, 1.82) is 0 Å². The van der Waals surface area contributed by atoms with Crippen LogP contribution in [0.15, 0.2) is 18.5 Å². The van der Waals surface area contributed by atoms with E-state index in [1.165, 1.54) is 5.69 Å². The number of ether oxygens (including phenoxy) is 1. The molecule has 0 aromatic carbocycles. The van der Waals surface area contributed by atoms with E-state index in [2.05, 4.69) is 42.0 Å². The number of anilines is 2. The van der Waals surface area contributed by atoms with Gasteiger partial charge >= 0.3 is 0 Å². The lowest BCUT2D eigenvalue weighted by Gasteiger charge is -2.39. The fourth-order valence-electron chi connectivity index (χ4n) is 2.38. The van der Waals surface area contributed by atoms with Gasteiger partial charge in [0.05, 0.1) is 42.5 Å². The molecule has 4 nitrogen and oxygen atoms in total. The van der Waals surface area contributed by atoms with Crippen LogP contribution in [0.4, 0.5) is 11.4 Å². The molecular formula is C14H23N3O. The molecule has 2 unspecified atom stereocenters. The number of nitrogens with one attached hydrogen (secondary N) is 1. The Labute approximate surface area is 109 Å². The maximum atomic E-state index is 5.73. The molecule has 2 heterocycles. The lowest BCUT2D eigenvalue weighted by molar-refractivity contribution is 0.0299. The minimum Gasteiger partial charge on any atom is -0.384 e. The van der Waals surface area contributed by atoms with Crippen LogP contribution < -0.4 is 10.2 Å². The van der Waals surface area contributed by atoms with Crippen LogP contribution in [0.2, 0.25) is 0 Å². The predicted octanol–water partition coefficient (Wildman–Crippen LogP) is 2.52. The standard InChI is InChI=1S/C14H23N3O/c1-4-13-10-18-11(3)9-17(13)14-6-12(16-5-2)7-15-8-14/h6-8,11,13,16H,4-5,9-10H2,1-3H3. The first-order valence-electron chi connectivity index (χ1n) is 6.81. The molecule has 0 amide bonds. The molecule has 1 aromatic rings. The molecule has 1 aliphatic heterocycles. The molecule has 2 atom stereocenters. The molecule has 0 aliphatic carbocycles. The van der Waals surface area contributed by atoms with Crippen LogP contribution in [0.5, 0.6) is 0 Å². The second-order valence-corrected chi connectivity index (χ2v) is 4.82. The first kappa shape index (κ1) is 13.1. The summed E-state index contributed by atoms with van der Waals surface area (Å²) in [6.07, 6.45) is 5.20. The van der Waals surface area contributed by atoms with E-state index in [4.69, 9.17) is 4.74 Å². The molecule has 2 rings (SSSR count). The minimum absolute atomic E-state index is 0.288. The van der Waals surface area contributed by atoms with Crippen LogP contribution >= 0.6 is 0 Å². The molecule has 1 aromatic heterocycles. The summed E-state index contributed by atoms with van der Waals surface area (Å²) in [4.78, 5) is 6.75. The van der Waals surface area contributed by atoms with E-state index in [1.54, 1.807) is 0 Å². The van der Waals surface area contributed by atoms with Crippen LogP contribution in [0, 0.1) is 0 Å². The van der Waals surface area contributed by atoms with E-state index in [1.807, 2.05) is 12.4 Å². The summed E-state index contributed by atoms with van der Waals surface area (Å²) in [6.45, 7) is 9.10. The molecule has 1 N–H and O–H groups in total. The van der Waals surface area contributed by atoms with Crippen LogP contribution in [-0.4, -0.2) is 36.8 Å². The fourth-order valence-corrected chi connectivity index (χ4v) is 2.38. The Morgan fingerprint density at radius 3 is 3.00 bits per heavy atom. The van der Waals surface area contributed by atoms with Gasteiger partial charge in [-0.05, 0) is 26.3 Å². The average molecular weight is 249 g/mol. The third-order valence-electron chi connectivity index (χ3n) is 3.38. The summed E-state index contributed by atoms with van der Waals surface area (Å²) in [5, 5.41) is 3.31. The van der Waals surface area contributed by atoms with Crippen LogP contribution in [0.3, 0.4) is 0 Å². The summed E-state index contributed by atoms with van der Waals surface area (Å²) in [5.41, 5.74) is 2.28. The first-order chi connectivity index (χ1) is 8.74. The van der Waals surface area contributed by atoms with E-state index in [0.29, 0.717) is 6.04 Å². The van der Waals surface area contributed by atoms with Crippen molar-refractivity contribution in [2.45, 2.75) is 39.3 Å². The van der Waals surface area contributed by atoms with Gasteiger partial charge in [0.15, 0.2) is 0 Å². The number of pyridine rings is 1. The van der Waals surface area contributed by atoms with Crippen molar-refractivity contribution in [2.75, 3.05) is 29.9 Å². The zero-order valence-electron chi connectivity index (χ0n) is 11.5. The zero-order chi connectivity index (χ0) is 13.0. The number of rotatable bonds is 4. The summed E-state index contributed by atoms with van der Waals surface area (Å²) in [5.74, 6) is 0. The number of hydrogen-bond acceptors (Lipinski definition) is 4. The second-order valence-electron chi connectivity index (χ2n) is 4.82. The molecule has 1 fully saturated rings. The fraction of sp³-hybridized carbons (Fsp3) is 0.643. The van der Waals surface area contributed by atoms with Gasteiger partial charge in [0.2, 0.25) is 0 Å². The first-order valence-corrected chi connectivity index (χ1v) is 6.81. The van der Waals surface area contributed by atoms with E-state index in [9.17, 15) is 0 Å².